The molecule has 1 aliphatic carbocycles. The monoisotopic (exact) mass is 797 g/mol. The van der Waals surface area contributed by atoms with Crippen molar-refractivity contribution >= 4 is 127 Å². The maximum Gasteiger partial charge on any atom is 0.210 e. The average molecular weight is 805 g/mol. The lowest BCUT2D eigenvalue weighted by Gasteiger charge is -2.53. The molecule has 1 unspecified atom stereocenters. The highest BCUT2D eigenvalue weighted by atomic mass is 79.9. The molecule has 1 aromatic carbocycles. The van der Waals surface area contributed by atoms with E-state index in [0.717, 1.165) is 10.2 Å². The van der Waals surface area contributed by atoms with Gasteiger partial charge < -0.3 is 4.74 Å². The van der Waals surface area contributed by atoms with Crippen molar-refractivity contribution in [1.82, 2.24) is 0 Å². The molecular formula is C12H6Br8O. The highest BCUT2D eigenvalue weighted by molar-refractivity contribution is 9.33. The van der Waals surface area contributed by atoms with Gasteiger partial charge in [-0.15, -0.1) is 0 Å². The summed E-state index contributed by atoms with van der Waals surface area (Å²) >= 11 is 29.5. The average Bonchev–Trinajstić information content (AvgIpc) is 2.37. The van der Waals surface area contributed by atoms with E-state index in [0.29, 0.717) is 0 Å². The second kappa shape index (κ2) is 6.72. The number of halogens is 8. The number of rotatable bonds is 2. The van der Waals surface area contributed by atoms with Gasteiger partial charge in [-0.25, -0.2) is 0 Å². The predicted molar refractivity (Wildman–Crippen MR) is 117 cm³/mol. The molecule has 1 atom stereocenters. The van der Waals surface area contributed by atoms with Crippen LogP contribution in [-0.4, -0.2) is 14.2 Å². The van der Waals surface area contributed by atoms with E-state index in [4.69, 9.17) is 4.74 Å². The molecule has 0 saturated heterocycles. The minimum absolute atomic E-state index is 0.600. The lowest BCUT2D eigenvalue weighted by molar-refractivity contribution is 0.202. The van der Waals surface area contributed by atoms with Crippen molar-refractivity contribution in [3.8, 4) is 5.75 Å². The van der Waals surface area contributed by atoms with Gasteiger partial charge in [0.05, 0.1) is 0 Å². The Hall–Kier alpha value is 2.60. The number of benzene rings is 1. The second-order valence-corrected chi connectivity index (χ2v) is 16.6. The number of hydrogen-bond acceptors (Lipinski definition) is 1. The fourth-order valence-corrected chi connectivity index (χ4v) is 8.25. The molecule has 1 aliphatic rings. The maximum absolute atomic E-state index is 6.17. The maximum atomic E-state index is 6.17. The van der Waals surface area contributed by atoms with Gasteiger partial charge in [-0.1, -0.05) is 130 Å². The van der Waals surface area contributed by atoms with Crippen LogP contribution in [-0.2, 0) is 0 Å². The molecule has 1 aromatic rings. The quantitative estimate of drug-likeness (QED) is 0.277. The van der Waals surface area contributed by atoms with E-state index in [2.05, 4.69) is 127 Å². The molecule has 0 radical (unpaired) electrons. The zero-order chi connectivity index (χ0) is 16.1. The van der Waals surface area contributed by atoms with Crippen LogP contribution in [0.2, 0.25) is 0 Å². The normalized spacial score (nSPS) is 29.6. The van der Waals surface area contributed by atoms with E-state index in [1.807, 2.05) is 36.4 Å². The molecule has 0 fully saturated rings. The van der Waals surface area contributed by atoms with Gasteiger partial charge in [0.1, 0.15) is 12.2 Å². The first-order valence-corrected chi connectivity index (χ1v) is 11.8. The van der Waals surface area contributed by atoms with Crippen LogP contribution in [0.4, 0.5) is 0 Å². The van der Waals surface area contributed by atoms with Crippen LogP contribution in [0.1, 0.15) is 0 Å². The molecule has 21 heavy (non-hydrogen) atoms. The van der Waals surface area contributed by atoms with E-state index in [1.165, 1.54) is 0 Å². The first-order valence-electron chi connectivity index (χ1n) is 5.41. The minimum Gasteiger partial charge on any atom is -0.470 e. The summed E-state index contributed by atoms with van der Waals surface area (Å²) in [5.41, 5.74) is 0. The Morgan fingerprint density at radius 1 is 0.762 bits per heavy atom. The van der Waals surface area contributed by atoms with Crippen molar-refractivity contribution in [3.63, 3.8) is 0 Å². The Kier molecular flexibility index (Phi) is 6.38. The second-order valence-electron chi connectivity index (χ2n) is 4.28. The van der Waals surface area contributed by atoms with Crippen LogP contribution < -0.4 is 4.74 Å². The number of ether oxygens (including phenoxy) is 1. The summed E-state index contributed by atoms with van der Waals surface area (Å²) in [6, 6.07) is 9.58. The predicted octanol–water partition coefficient (Wildman–Crippen LogP) is 7.91. The largest absolute Gasteiger partial charge is 0.470 e. The summed E-state index contributed by atoms with van der Waals surface area (Å²) in [7, 11) is 0. The van der Waals surface area contributed by atoms with Crippen molar-refractivity contribution in [3.05, 3.63) is 40.9 Å². The van der Waals surface area contributed by atoms with Crippen LogP contribution in [0, 0.1) is 0 Å². The van der Waals surface area contributed by atoms with Crippen molar-refractivity contribution < 1.29 is 4.74 Å². The van der Waals surface area contributed by atoms with Crippen molar-refractivity contribution in [2.75, 3.05) is 0 Å². The van der Waals surface area contributed by atoms with Crippen molar-refractivity contribution in [2.45, 2.75) is 14.2 Å². The van der Waals surface area contributed by atoms with Crippen LogP contribution in [0.25, 0.3) is 0 Å². The van der Waals surface area contributed by atoms with Gasteiger partial charge in [-0.3, -0.25) is 0 Å². The van der Waals surface area contributed by atoms with E-state index in [9.17, 15) is 0 Å². The van der Waals surface area contributed by atoms with Crippen LogP contribution >= 0.6 is 127 Å². The lowest BCUT2D eigenvalue weighted by Crippen LogP contribution is -2.62. The third-order valence-corrected chi connectivity index (χ3v) is 17.8. The first kappa shape index (κ1) is 19.9. The fraction of sp³-hybridized carbons (Fsp3) is 0.333. The molecule has 0 spiro atoms. The van der Waals surface area contributed by atoms with Gasteiger partial charge in [0.2, 0.25) is 4.51 Å². The molecule has 0 saturated carbocycles. The highest BCUT2D eigenvalue weighted by Crippen LogP contribution is 2.71. The summed E-state index contributed by atoms with van der Waals surface area (Å²) in [6.45, 7) is 0. The lowest BCUT2D eigenvalue weighted by atomic mass is 10.0. The summed E-state index contributed by atoms with van der Waals surface area (Å²) < 4.78 is 4.11. The standard InChI is InChI=1S/C12H6Br8O/c13-8-6-9(14,21-7-4-2-1-3-5-7)11(17,18)12(19,20)10(8,15)16/h1-6H. The summed E-state index contributed by atoms with van der Waals surface area (Å²) in [6.07, 6.45) is 1.92. The molecule has 1 nitrogen and oxygen atoms in total. The van der Waals surface area contributed by atoms with Crippen LogP contribution in [0.5, 0.6) is 5.75 Å². The van der Waals surface area contributed by atoms with E-state index >= 15 is 0 Å². The van der Waals surface area contributed by atoms with Gasteiger partial charge in [0.15, 0.2) is 3.23 Å². The Balaban J connectivity index is 2.55. The zero-order valence-electron chi connectivity index (χ0n) is 9.90. The number of para-hydroxylation sites is 1. The van der Waals surface area contributed by atoms with E-state index in [-0.39, 0.29) is 0 Å². The Labute approximate surface area is 190 Å². The molecule has 0 N–H and O–H groups in total. The molecule has 0 amide bonds. The Bertz CT molecular complexity index is 568. The molecule has 116 valence electrons. The molecule has 0 aromatic heterocycles. The van der Waals surface area contributed by atoms with Gasteiger partial charge in [0, 0.05) is 4.48 Å². The van der Waals surface area contributed by atoms with Gasteiger partial charge >= 0.3 is 0 Å². The van der Waals surface area contributed by atoms with Crippen LogP contribution in [0.3, 0.4) is 0 Å². The summed E-state index contributed by atoms with van der Waals surface area (Å²) in [5.74, 6) is 0.738. The molecule has 2 rings (SSSR count). The third kappa shape index (κ3) is 3.34. The molecule has 0 aliphatic heterocycles. The highest BCUT2D eigenvalue weighted by Gasteiger charge is 2.70. The first-order chi connectivity index (χ1) is 9.46. The number of alkyl halides is 7. The summed E-state index contributed by atoms with van der Waals surface area (Å²) in [4.78, 5) is 0. The smallest absolute Gasteiger partial charge is 0.210 e. The minimum atomic E-state index is -0.877. The Morgan fingerprint density at radius 2 is 1.29 bits per heavy atom. The molecule has 9 heteroatoms. The number of hydrogen-bond donors (Lipinski definition) is 0. The third-order valence-electron chi connectivity index (χ3n) is 2.84. The fourth-order valence-electron chi connectivity index (χ4n) is 1.66. The van der Waals surface area contributed by atoms with Gasteiger partial charge in [-0.2, -0.15) is 0 Å². The summed E-state index contributed by atoms with van der Waals surface area (Å²) in [5, 5.41) is 0. The van der Waals surface area contributed by atoms with Crippen molar-refractivity contribution in [2.24, 2.45) is 0 Å². The topological polar surface area (TPSA) is 9.23 Å². The van der Waals surface area contributed by atoms with E-state index < -0.39 is 14.2 Å². The van der Waals surface area contributed by atoms with Crippen LogP contribution in [0.15, 0.2) is 40.9 Å². The van der Waals surface area contributed by atoms with Gasteiger partial charge in [0.25, 0.3) is 0 Å². The zero-order valence-corrected chi connectivity index (χ0v) is 22.6. The molecule has 0 heterocycles. The number of allylic oxidation sites excluding steroid dienone is 1. The Morgan fingerprint density at radius 3 is 1.81 bits per heavy atom. The molecular weight excluding hydrogens is 799 g/mol. The SMILES string of the molecule is BrC1=CC(Br)(Oc2ccccc2)C(Br)(Br)C(Br)(Br)C1(Br)Br. The molecule has 0 bridgehead atoms. The van der Waals surface area contributed by atoms with E-state index in [1.54, 1.807) is 0 Å². The van der Waals surface area contributed by atoms with Gasteiger partial charge in [-0.05, 0) is 34.1 Å². The van der Waals surface area contributed by atoms with Crippen molar-refractivity contribution in [1.29, 1.82) is 0 Å².